The van der Waals surface area contributed by atoms with Gasteiger partial charge in [0.2, 0.25) is 0 Å². The van der Waals surface area contributed by atoms with Crippen LogP contribution >= 0.6 is 27.7 Å². The molecule has 0 aliphatic rings. The van der Waals surface area contributed by atoms with Gasteiger partial charge in [-0.25, -0.2) is 4.39 Å². The summed E-state index contributed by atoms with van der Waals surface area (Å²) in [6.07, 6.45) is 1.58. The summed E-state index contributed by atoms with van der Waals surface area (Å²) >= 11 is 4.73. The van der Waals surface area contributed by atoms with Crippen LogP contribution in [0.25, 0.3) is 0 Å². The van der Waals surface area contributed by atoms with Crippen LogP contribution in [0.3, 0.4) is 0 Å². The highest BCUT2D eigenvalue weighted by molar-refractivity contribution is 9.10. The maximum absolute atomic E-state index is 13.4. The van der Waals surface area contributed by atoms with Crippen molar-refractivity contribution < 1.29 is 8.81 Å². The number of furan rings is 1. The Morgan fingerprint density at radius 2 is 2.12 bits per heavy atom. The van der Waals surface area contributed by atoms with E-state index in [0.717, 1.165) is 4.47 Å². The van der Waals surface area contributed by atoms with Gasteiger partial charge in [0.15, 0.2) is 0 Å². The summed E-state index contributed by atoms with van der Waals surface area (Å²) in [4.78, 5) is 0.602. The van der Waals surface area contributed by atoms with Gasteiger partial charge in [-0.1, -0.05) is 12.1 Å². The van der Waals surface area contributed by atoms with Crippen molar-refractivity contribution in [3.63, 3.8) is 0 Å². The lowest BCUT2D eigenvalue weighted by molar-refractivity contribution is 0.480. The Hall–Kier alpha value is -0.780. The summed E-state index contributed by atoms with van der Waals surface area (Å²) in [5, 5.41) is 0. The van der Waals surface area contributed by atoms with E-state index in [1.54, 1.807) is 30.5 Å². The molecule has 0 spiro atoms. The molecule has 0 saturated carbocycles. The van der Waals surface area contributed by atoms with E-state index in [9.17, 15) is 4.39 Å². The maximum Gasteiger partial charge on any atom is 0.136 e. The van der Waals surface area contributed by atoms with E-state index in [1.165, 1.54) is 17.8 Å². The summed E-state index contributed by atoms with van der Waals surface area (Å²) in [6, 6.07) is 8.19. The molecule has 5 heteroatoms. The van der Waals surface area contributed by atoms with E-state index in [-0.39, 0.29) is 11.9 Å². The van der Waals surface area contributed by atoms with Crippen LogP contribution in [-0.4, -0.2) is 5.75 Å². The van der Waals surface area contributed by atoms with Gasteiger partial charge in [-0.3, -0.25) is 0 Å². The van der Waals surface area contributed by atoms with Crippen LogP contribution < -0.4 is 5.73 Å². The average molecular weight is 316 g/mol. The van der Waals surface area contributed by atoms with E-state index in [1.807, 2.05) is 0 Å². The molecule has 0 saturated heterocycles. The average Bonchev–Trinajstić information content (AvgIpc) is 2.74. The second-order valence-electron chi connectivity index (χ2n) is 3.48. The molecule has 0 aliphatic carbocycles. The van der Waals surface area contributed by atoms with Crippen LogP contribution in [0.2, 0.25) is 0 Å². The van der Waals surface area contributed by atoms with Crippen LogP contribution in [-0.2, 0) is 0 Å². The Bertz CT molecular complexity index is 503. The second kappa shape index (κ2) is 5.71. The third-order valence-corrected chi connectivity index (χ3v) is 4.06. The van der Waals surface area contributed by atoms with Crippen molar-refractivity contribution >= 4 is 27.7 Å². The molecule has 0 amide bonds. The fourth-order valence-corrected chi connectivity index (χ4v) is 2.77. The molecule has 2 N–H and O–H groups in total. The number of hydrogen-bond acceptors (Lipinski definition) is 3. The molecule has 2 rings (SSSR count). The number of nitrogens with two attached hydrogens (primary N) is 1. The summed E-state index contributed by atoms with van der Waals surface area (Å²) in [7, 11) is 0. The van der Waals surface area contributed by atoms with Gasteiger partial charge in [-0.15, -0.1) is 11.8 Å². The summed E-state index contributed by atoms with van der Waals surface area (Å²) in [6.45, 7) is 0. The Morgan fingerprint density at radius 1 is 1.35 bits per heavy atom. The summed E-state index contributed by atoms with van der Waals surface area (Å²) < 4.78 is 19.5. The molecular formula is C12H11BrFNOS. The number of hydrogen-bond donors (Lipinski definition) is 1. The van der Waals surface area contributed by atoms with Crippen LogP contribution in [0.4, 0.5) is 4.39 Å². The lowest BCUT2D eigenvalue weighted by atomic mass is 10.3. The van der Waals surface area contributed by atoms with Gasteiger partial charge in [0.05, 0.1) is 16.8 Å². The van der Waals surface area contributed by atoms with Gasteiger partial charge in [0.1, 0.15) is 11.6 Å². The van der Waals surface area contributed by atoms with Crippen LogP contribution in [0, 0.1) is 5.82 Å². The normalized spacial score (nSPS) is 12.6. The first-order valence-corrected chi connectivity index (χ1v) is 6.82. The van der Waals surface area contributed by atoms with Gasteiger partial charge in [0, 0.05) is 10.6 Å². The Kier molecular flexibility index (Phi) is 4.25. The Labute approximate surface area is 112 Å². The standard InChI is InChI=1S/C12H11BrFNOS/c13-8-5-6-16-12(8)10(15)7-17-11-4-2-1-3-9(11)14/h1-6,10H,7,15H2. The van der Waals surface area contributed by atoms with Crippen molar-refractivity contribution in [1.29, 1.82) is 0 Å². The van der Waals surface area contributed by atoms with Crippen molar-refractivity contribution in [2.75, 3.05) is 5.75 Å². The molecule has 17 heavy (non-hydrogen) atoms. The Morgan fingerprint density at radius 3 is 2.76 bits per heavy atom. The minimum Gasteiger partial charge on any atom is -0.466 e. The highest BCUT2D eigenvalue weighted by Gasteiger charge is 2.14. The second-order valence-corrected chi connectivity index (χ2v) is 5.40. The molecule has 2 aromatic rings. The summed E-state index contributed by atoms with van der Waals surface area (Å²) in [5.41, 5.74) is 5.97. The molecule has 0 aliphatic heterocycles. The van der Waals surface area contributed by atoms with Gasteiger partial charge in [-0.2, -0.15) is 0 Å². The molecule has 2 nitrogen and oxygen atoms in total. The van der Waals surface area contributed by atoms with Crippen LogP contribution in [0.5, 0.6) is 0 Å². The molecule has 90 valence electrons. The van der Waals surface area contributed by atoms with Crippen molar-refractivity contribution in [2.24, 2.45) is 5.73 Å². The largest absolute Gasteiger partial charge is 0.466 e. The number of halogens is 2. The highest BCUT2D eigenvalue weighted by atomic mass is 79.9. The SMILES string of the molecule is NC(CSc1ccccc1F)c1occc1Br. The molecule has 0 fully saturated rings. The fraction of sp³-hybridized carbons (Fsp3) is 0.167. The number of rotatable bonds is 4. The van der Waals surface area contributed by atoms with E-state index < -0.39 is 0 Å². The first kappa shape index (κ1) is 12.7. The zero-order chi connectivity index (χ0) is 12.3. The van der Waals surface area contributed by atoms with E-state index >= 15 is 0 Å². The van der Waals surface area contributed by atoms with Crippen molar-refractivity contribution in [3.05, 3.63) is 52.6 Å². The zero-order valence-electron chi connectivity index (χ0n) is 8.90. The quantitative estimate of drug-likeness (QED) is 0.868. The van der Waals surface area contributed by atoms with Gasteiger partial charge in [0.25, 0.3) is 0 Å². The first-order chi connectivity index (χ1) is 8.18. The van der Waals surface area contributed by atoms with E-state index in [2.05, 4.69) is 15.9 Å². The molecule has 1 atom stereocenters. The highest BCUT2D eigenvalue weighted by Crippen LogP contribution is 2.29. The third-order valence-electron chi connectivity index (χ3n) is 2.24. The Balaban J connectivity index is 2.00. The molecule has 0 radical (unpaired) electrons. The number of benzene rings is 1. The van der Waals surface area contributed by atoms with Crippen molar-refractivity contribution in [3.8, 4) is 0 Å². The molecule has 1 aromatic heterocycles. The molecule has 0 bridgehead atoms. The monoisotopic (exact) mass is 315 g/mol. The van der Waals surface area contributed by atoms with Gasteiger partial charge in [-0.05, 0) is 34.1 Å². The molecule has 1 heterocycles. The molecule has 1 aromatic carbocycles. The topological polar surface area (TPSA) is 39.2 Å². The minimum absolute atomic E-state index is 0.219. The lowest BCUT2D eigenvalue weighted by Gasteiger charge is -2.09. The van der Waals surface area contributed by atoms with Crippen LogP contribution in [0.1, 0.15) is 11.8 Å². The third kappa shape index (κ3) is 3.12. The predicted octanol–water partition coefficient (Wildman–Crippen LogP) is 3.97. The smallest absolute Gasteiger partial charge is 0.136 e. The predicted molar refractivity (Wildman–Crippen MR) is 70.5 cm³/mol. The van der Waals surface area contributed by atoms with Gasteiger partial charge >= 0.3 is 0 Å². The van der Waals surface area contributed by atoms with Crippen LogP contribution in [0.15, 0.2) is 50.4 Å². The lowest BCUT2D eigenvalue weighted by Crippen LogP contribution is -2.12. The van der Waals surface area contributed by atoms with Gasteiger partial charge < -0.3 is 10.2 Å². The molecule has 1 unspecified atom stereocenters. The van der Waals surface area contributed by atoms with Crippen molar-refractivity contribution in [2.45, 2.75) is 10.9 Å². The maximum atomic E-state index is 13.4. The zero-order valence-corrected chi connectivity index (χ0v) is 11.3. The fourth-order valence-electron chi connectivity index (χ4n) is 1.39. The number of thioether (sulfide) groups is 1. The summed E-state index contributed by atoms with van der Waals surface area (Å²) in [5.74, 6) is 1.03. The minimum atomic E-state index is -0.260. The van der Waals surface area contributed by atoms with E-state index in [0.29, 0.717) is 16.4 Å². The van der Waals surface area contributed by atoms with Crippen molar-refractivity contribution in [1.82, 2.24) is 0 Å². The first-order valence-electron chi connectivity index (χ1n) is 5.04. The van der Waals surface area contributed by atoms with E-state index in [4.69, 9.17) is 10.2 Å². The molecular weight excluding hydrogens is 305 g/mol.